The minimum atomic E-state index is -1.02. The van der Waals surface area contributed by atoms with E-state index in [1.54, 1.807) is 38.1 Å². The van der Waals surface area contributed by atoms with Gasteiger partial charge < -0.3 is 28.6 Å². The third-order valence-electron chi connectivity index (χ3n) is 10.9. The third-order valence-corrected chi connectivity index (χ3v) is 11.4. The zero-order valence-corrected chi connectivity index (χ0v) is 42.1. The molecule has 0 N–H and O–H groups in total. The van der Waals surface area contributed by atoms with Crippen LogP contribution < -0.4 is 15.3 Å². The first kappa shape index (κ1) is 54.2. The number of nitrogens with zero attached hydrogens (tertiary/aromatic N) is 6. The highest BCUT2D eigenvalue weighted by Gasteiger charge is 2.51. The number of hydrogen-bond donors (Lipinski definition) is 0. The Labute approximate surface area is 414 Å². The van der Waals surface area contributed by atoms with E-state index >= 15 is 0 Å². The van der Waals surface area contributed by atoms with Gasteiger partial charge in [0.1, 0.15) is 34.4 Å². The summed E-state index contributed by atoms with van der Waals surface area (Å²) in [5.74, 6) is -5.81. The highest BCUT2D eigenvalue weighted by molar-refractivity contribution is 9.10. The maximum Gasteiger partial charge on any atom is 0.494 e. The lowest BCUT2D eigenvalue weighted by Crippen LogP contribution is -2.41. The Kier molecular flexibility index (Phi) is 18.7. The van der Waals surface area contributed by atoms with Gasteiger partial charge in [-0.3, -0.25) is 0 Å². The molecule has 70 heavy (non-hydrogen) atoms. The van der Waals surface area contributed by atoms with Crippen LogP contribution in [0.25, 0.3) is 11.1 Å². The zero-order chi connectivity index (χ0) is 51.3. The second kappa shape index (κ2) is 24.2. The van der Waals surface area contributed by atoms with Crippen molar-refractivity contribution in [2.24, 2.45) is 20.5 Å². The first-order valence-electron chi connectivity index (χ1n) is 22.0. The minimum Gasteiger partial charge on any atom is -0.462 e. The van der Waals surface area contributed by atoms with Gasteiger partial charge >= 0.3 is 19.1 Å². The zero-order valence-electron chi connectivity index (χ0n) is 40.6. The normalized spacial score (nSPS) is 13.6. The molecule has 0 spiro atoms. The average molecular weight is 1030 g/mol. The molecule has 1 aliphatic rings. The predicted molar refractivity (Wildman–Crippen MR) is 270 cm³/mol. The maximum absolute atomic E-state index is 14.3. The molecule has 1 saturated heterocycles. The highest BCUT2D eigenvalue weighted by atomic mass is 79.9. The van der Waals surface area contributed by atoms with E-state index in [1.807, 2.05) is 106 Å². The molecule has 1 fully saturated rings. The molecule has 0 atom stereocenters. The molecule has 1 aliphatic heterocycles. The number of rotatable bonds is 12. The molecule has 18 heteroatoms. The van der Waals surface area contributed by atoms with Crippen LogP contribution in [0.5, 0.6) is 0 Å². The smallest absolute Gasteiger partial charge is 0.462 e. The Bertz CT molecular complexity index is 2730. The Morgan fingerprint density at radius 1 is 0.529 bits per heavy atom. The van der Waals surface area contributed by atoms with Gasteiger partial charge in [-0.05, 0) is 155 Å². The number of esters is 2. The van der Waals surface area contributed by atoms with Gasteiger partial charge in [0.15, 0.2) is 0 Å². The van der Waals surface area contributed by atoms with E-state index < -0.39 is 46.3 Å². The van der Waals surface area contributed by atoms with E-state index in [9.17, 15) is 27.2 Å². The monoisotopic (exact) mass is 1020 g/mol. The number of anilines is 2. The van der Waals surface area contributed by atoms with Gasteiger partial charge in [0.05, 0.1) is 47.2 Å². The van der Waals surface area contributed by atoms with E-state index in [0.717, 1.165) is 52.5 Å². The van der Waals surface area contributed by atoms with E-state index in [-0.39, 0.29) is 36.0 Å². The number of benzene rings is 6. The van der Waals surface area contributed by atoms with Crippen molar-refractivity contribution in [1.82, 2.24) is 0 Å². The number of halogens is 5. The van der Waals surface area contributed by atoms with Crippen LogP contribution in [-0.4, -0.2) is 71.7 Å². The van der Waals surface area contributed by atoms with Gasteiger partial charge in [0.2, 0.25) is 0 Å². The lowest BCUT2D eigenvalue weighted by Gasteiger charge is -2.32. The van der Waals surface area contributed by atoms with Crippen LogP contribution in [0.15, 0.2) is 146 Å². The summed E-state index contributed by atoms with van der Waals surface area (Å²) in [7, 11) is 7.58. The van der Waals surface area contributed by atoms with Crippen molar-refractivity contribution in [3.8, 4) is 11.1 Å². The molecule has 0 amide bonds. The molecular weight excluding hydrogens is 971 g/mol. The van der Waals surface area contributed by atoms with E-state index in [4.69, 9.17) is 9.31 Å². The standard InChI is InChI=1S/C23H21F2N3O2.C20H26BN3O2.C9H7BrF2O2/c1-4-30-23(29)22-20(24)13-16(14-21(22)25)15-5-7-17(8-6-15)26-27-18-9-11-19(12-10-18)28(2)3;1-19(2)20(3,4)26-21(25-19)15-7-9-16(10-8-15)22-23-17-11-13-18(14-12-17)24(5)6;1-2-14-9(13)8-6(11)3-5(10)4-7(8)12/h5-14H,4H2,1-3H3;7-14H,1-6H3;3-4H,2H2,1H3. The molecule has 0 radical (unpaired) electrons. The molecule has 0 aliphatic carbocycles. The highest BCUT2D eigenvalue weighted by Crippen LogP contribution is 2.37. The van der Waals surface area contributed by atoms with Gasteiger partial charge in [-0.2, -0.15) is 20.5 Å². The van der Waals surface area contributed by atoms with Crippen LogP contribution >= 0.6 is 15.9 Å². The Morgan fingerprint density at radius 3 is 1.17 bits per heavy atom. The second-order valence-electron chi connectivity index (χ2n) is 16.9. The van der Waals surface area contributed by atoms with Crippen molar-refractivity contribution in [3.63, 3.8) is 0 Å². The first-order chi connectivity index (χ1) is 33.1. The van der Waals surface area contributed by atoms with Crippen LogP contribution in [0, 0.1) is 23.3 Å². The topological polar surface area (TPSA) is 127 Å². The molecule has 0 unspecified atom stereocenters. The Hall–Kier alpha value is -6.76. The predicted octanol–water partition coefficient (Wildman–Crippen LogP) is 13.7. The fourth-order valence-electron chi connectivity index (χ4n) is 6.34. The molecular formula is C52H54BBrF4N6O6. The maximum atomic E-state index is 14.3. The van der Waals surface area contributed by atoms with Crippen molar-refractivity contribution >= 4 is 74.6 Å². The quantitative estimate of drug-likeness (QED) is 0.0513. The second-order valence-corrected chi connectivity index (χ2v) is 17.9. The molecule has 0 aromatic heterocycles. The van der Waals surface area contributed by atoms with Crippen LogP contribution in [-0.2, 0) is 18.8 Å². The average Bonchev–Trinajstić information content (AvgIpc) is 3.53. The fraction of sp³-hybridized carbons (Fsp3) is 0.269. The molecule has 6 aromatic carbocycles. The van der Waals surface area contributed by atoms with Gasteiger partial charge in [-0.15, -0.1) is 0 Å². The third kappa shape index (κ3) is 14.4. The summed E-state index contributed by atoms with van der Waals surface area (Å²) in [6.07, 6.45) is 0. The molecule has 0 bridgehead atoms. The number of azo groups is 2. The Balaban J connectivity index is 0.000000208. The van der Waals surface area contributed by atoms with Crippen LogP contribution in [0.3, 0.4) is 0 Å². The summed E-state index contributed by atoms with van der Waals surface area (Å²) in [5.41, 5.74) is 4.97. The van der Waals surface area contributed by atoms with Crippen LogP contribution in [0.2, 0.25) is 0 Å². The SMILES string of the molecule is CCOC(=O)c1c(F)cc(-c2ccc(N=Nc3ccc(N(C)C)cc3)cc2)cc1F.CCOC(=O)c1c(F)cc(Br)cc1F.CN(C)c1ccc(N=Nc2ccc(B3OC(C)(C)C(C)(C)O3)cc2)cc1. The summed E-state index contributed by atoms with van der Waals surface area (Å²) in [6.45, 7) is 11.5. The summed E-state index contributed by atoms with van der Waals surface area (Å²) in [5, 5.41) is 17.0. The van der Waals surface area contributed by atoms with Gasteiger partial charge in [-0.25, -0.2) is 27.2 Å². The molecule has 7 rings (SSSR count). The lowest BCUT2D eigenvalue weighted by atomic mass is 9.79. The Morgan fingerprint density at radius 2 is 0.843 bits per heavy atom. The molecule has 366 valence electrons. The number of hydrogen-bond acceptors (Lipinski definition) is 12. The molecule has 1 heterocycles. The summed E-state index contributed by atoms with van der Waals surface area (Å²) in [4.78, 5) is 26.8. The molecule has 0 saturated carbocycles. The van der Waals surface area contributed by atoms with Crippen molar-refractivity contribution < 1.29 is 45.9 Å². The minimum absolute atomic E-state index is 0.0370. The van der Waals surface area contributed by atoms with Crippen molar-refractivity contribution in [3.05, 3.63) is 160 Å². The van der Waals surface area contributed by atoms with Crippen molar-refractivity contribution in [2.45, 2.75) is 52.7 Å². The van der Waals surface area contributed by atoms with Gasteiger partial charge in [0, 0.05) is 44.0 Å². The van der Waals surface area contributed by atoms with E-state index in [2.05, 4.69) is 78.5 Å². The first-order valence-corrected chi connectivity index (χ1v) is 22.8. The fourth-order valence-corrected chi connectivity index (χ4v) is 6.74. The largest absolute Gasteiger partial charge is 0.494 e. The van der Waals surface area contributed by atoms with Crippen LogP contribution in [0.4, 0.5) is 51.7 Å². The van der Waals surface area contributed by atoms with E-state index in [0.29, 0.717) is 22.5 Å². The van der Waals surface area contributed by atoms with Crippen LogP contribution in [0.1, 0.15) is 62.3 Å². The molecule has 12 nitrogen and oxygen atoms in total. The molecule has 6 aromatic rings. The number of carbonyl (C=O) groups is 2. The van der Waals surface area contributed by atoms with Crippen molar-refractivity contribution in [1.29, 1.82) is 0 Å². The number of carbonyl (C=O) groups excluding carboxylic acids is 2. The van der Waals surface area contributed by atoms with E-state index in [1.165, 1.54) is 0 Å². The van der Waals surface area contributed by atoms with Gasteiger partial charge in [-0.1, -0.05) is 40.2 Å². The summed E-state index contributed by atoms with van der Waals surface area (Å²) < 4.78 is 76.3. The summed E-state index contributed by atoms with van der Waals surface area (Å²) >= 11 is 2.90. The van der Waals surface area contributed by atoms with Crippen molar-refractivity contribution in [2.75, 3.05) is 51.2 Å². The number of ether oxygens (including phenoxy) is 2. The summed E-state index contributed by atoms with van der Waals surface area (Å²) in [6, 6.07) is 34.4. The van der Waals surface area contributed by atoms with Gasteiger partial charge in [0.25, 0.3) is 0 Å². The lowest BCUT2D eigenvalue weighted by molar-refractivity contribution is 0.00578.